The number of piperidine rings is 1. The third-order valence-electron chi connectivity index (χ3n) is 4.29. The van der Waals surface area contributed by atoms with Gasteiger partial charge in [0.2, 0.25) is 11.7 Å². The zero-order valence-corrected chi connectivity index (χ0v) is 11.4. The minimum absolute atomic E-state index is 0.296. The molecule has 3 unspecified atom stereocenters. The van der Waals surface area contributed by atoms with Gasteiger partial charge in [0.15, 0.2) is 0 Å². The summed E-state index contributed by atoms with van der Waals surface area (Å²) in [6.07, 6.45) is 2.19. The van der Waals surface area contributed by atoms with E-state index in [0.717, 1.165) is 19.4 Å². The number of nitrogens with zero attached hydrogens (tertiary/aromatic N) is 2. The fraction of sp³-hybridized carbons (Fsp3) is 0.429. The lowest BCUT2D eigenvalue weighted by molar-refractivity contribution is 0.310. The molecule has 1 aliphatic heterocycles. The molecule has 0 radical (unpaired) electrons. The van der Waals surface area contributed by atoms with Crippen molar-refractivity contribution in [3.05, 3.63) is 34.9 Å². The molecule has 1 saturated heterocycles. The van der Waals surface area contributed by atoms with Crippen LogP contribution in [0.4, 0.5) is 4.39 Å². The highest BCUT2D eigenvalue weighted by molar-refractivity contribution is 6.30. The average molecular weight is 294 g/mol. The van der Waals surface area contributed by atoms with Crippen molar-refractivity contribution >= 4 is 11.6 Å². The van der Waals surface area contributed by atoms with Crippen LogP contribution in [0.5, 0.6) is 0 Å². The third kappa shape index (κ3) is 1.93. The van der Waals surface area contributed by atoms with Gasteiger partial charge in [0, 0.05) is 17.0 Å². The summed E-state index contributed by atoms with van der Waals surface area (Å²) in [5.74, 6) is 1.36. The number of fused-ring (bicyclic) bond motifs is 2. The zero-order chi connectivity index (χ0) is 13.7. The van der Waals surface area contributed by atoms with E-state index in [1.807, 2.05) is 0 Å². The van der Waals surface area contributed by atoms with Crippen molar-refractivity contribution in [2.75, 3.05) is 6.54 Å². The van der Waals surface area contributed by atoms with Gasteiger partial charge in [-0.2, -0.15) is 4.98 Å². The van der Waals surface area contributed by atoms with Gasteiger partial charge in [-0.15, -0.1) is 0 Å². The van der Waals surface area contributed by atoms with Crippen LogP contribution in [0.1, 0.15) is 24.7 Å². The SMILES string of the molecule is Fc1cc(Cl)ccc1-c1noc(C2CC3CC2CN3)n1. The largest absolute Gasteiger partial charge is 0.339 e. The second kappa shape index (κ2) is 4.53. The molecule has 1 aromatic carbocycles. The van der Waals surface area contributed by atoms with E-state index in [1.165, 1.54) is 6.07 Å². The smallest absolute Gasteiger partial charge is 0.230 e. The maximum absolute atomic E-state index is 13.9. The summed E-state index contributed by atoms with van der Waals surface area (Å²) >= 11 is 5.74. The van der Waals surface area contributed by atoms with Gasteiger partial charge in [-0.3, -0.25) is 0 Å². The lowest BCUT2D eigenvalue weighted by Crippen LogP contribution is -2.28. The van der Waals surface area contributed by atoms with Crippen molar-refractivity contribution in [3.63, 3.8) is 0 Å². The second-order valence-electron chi connectivity index (χ2n) is 5.52. The van der Waals surface area contributed by atoms with Gasteiger partial charge in [-0.05, 0) is 43.5 Å². The summed E-state index contributed by atoms with van der Waals surface area (Å²) in [6.45, 7) is 1.00. The second-order valence-corrected chi connectivity index (χ2v) is 5.96. The molecule has 1 aromatic heterocycles. The van der Waals surface area contributed by atoms with Crippen molar-refractivity contribution < 1.29 is 8.91 Å². The minimum atomic E-state index is -0.431. The number of halogens is 2. The van der Waals surface area contributed by atoms with Gasteiger partial charge in [-0.1, -0.05) is 16.8 Å². The van der Waals surface area contributed by atoms with Crippen molar-refractivity contribution in [3.8, 4) is 11.4 Å². The number of hydrogen-bond donors (Lipinski definition) is 1. The Kier molecular flexibility index (Phi) is 2.79. The minimum Gasteiger partial charge on any atom is -0.339 e. The van der Waals surface area contributed by atoms with Gasteiger partial charge in [0.25, 0.3) is 0 Å². The molecule has 2 fully saturated rings. The molecule has 1 saturated carbocycles. The first-order valence-electron chi connectivity index (χ1n) is 6.73. The molecule has 2 bridgehead atoms. The molecule has 6 heteroatoms. The predicted octanol–water partition coefficient (Wildman–Crippen LogP) is 2.99. The van der Waals surface area contributed by atoms with E-state index in [0.29, 0.717) is 40.2 Å². The first kappa shape index (κ1) is 12.3. The third-order valence-corrected chi connectivity index (χ3v) is 4.53. The monoisotopic (exact) mass is 293 g/mol. The molecule has 3 atom stereocenters. The number of hydrogen-bond acceptors (Lipinski definition) is 4. The Morgan fingerprint density at radius 1 is 1.35 bits per heavy atom. The number of benzene rings is 1. The summed E-state index contributed by atoms with van der Waals surface area (Å²) in [5, 5.41) is 7.72. The molecular weight excluding hydrogens is 281 g/mol. The van der Waals surface area contributed by atoms with E-state index in [-0.39, 0.29) is 0 Å². The standard InChI is InChI=1S/C14H13ClFN3O/c15-8-1-2-10(12(16)4-8)13-18-14(20-19-13)11-5-9-3-7(11)6-17-9/h1-2,4,7,9,11,17H,3,5-6H2. The Bertz CT molecular complexity index is 660. The molecule has 2 heterocycles. The summed E-state index contributed by atoms with van der Waals surface area (Å²) in [6, 6.07) is 5.02. The molecule has 0 amide bonds. The Balaban J connectivity index is 1.65. The van der Waals surface area contributed by atoms with Gasteiger partial charge in [-0.25, -0.2) is 4.39 Å². The van der Waals surface area contributed by atoms with Crippen LogP contribution in [0, 0.1) is 11.7 Å². The van der Waals surface area contributed by atoms with E-state index < -0.39 is 5.82 Å². The Morgan fingerprint density at radius 2 is 2.25 bits per heavy atom. The first-order chi connectivity index (χ1) is 9.70. The van der Waals surface area contributed by atoms with Crippen LogP contribution >= 0.6 is 11.6 Å². The molecule has 4 rings (SSSR count). The molecule has 2 aromatic rings. The molecule has 104 valence electrons. The molecule has 0 spiro atoms. The van der Waals surface area contributed by atoms with Crippen LogP contribution in [0.2, 0.25) is 5.02 Å². The van der Waals surface area contributed by atoms with Crippen molar-refractivity contribution in [2.45, 2.75) is 24.8 Å². The Morgan fingerprint density at radius 3 is 2.95 bits per heavy atom. The first-order valence-corrected chi connectivity index (χ1v) is 7.11. The van der Waals surface area contributed by atoms with Gasteiger partial charge in [0.05, 0.1) is 5.56 Å². The number of rotatable bonds is 2. The maximum Gasteiger partial charge on any atom is 0.230 e. The Hall–Kier alpha value is -1.46. The quantitative estimate of drug-likeness (QED) is 0.925. The van der Waals surface area contributed by atoms with Crippen LogP contribution in [0.3, 0.4) is 0 Å². The zero-order valence-electron chi connectivity index (χ0n) is 10.6. The fourth-order valence-electron chi connectivity index (χ4n) is 3.30. The van der Waals surface area contributed by atoms with E-state index in [4.69, 9.17) is 16.1 Å². The van der Waals surface area contributed by atoms with Crippen LogP contribution < -0.4 is 5.32 Å². The van der Waals surface area contributed by atoms with Gasteiger partial charge < -0.3 is 9.84 Å². The molecular formula is C14H13ClFN3O. The highest BCUT2D eigenvalue weighted by Crippen LogP contribution is 2.43. The molecule has 1 aliphatic carbocycles. The summed E-state index contributed by atoms with van der Waals surface area (Å²) in [5.41, 5.74) is 0.325. The number of aromatic nitrogens is 2. The van der Waals surface area contributed by atoms with Gasteiger partial charge >= 0.3 is 0 Å². The summed E-state index contributed by atoms with van der Waals surface area (Å²) in [7, 11) is 0. The van der Waals surface area contributed by atoms with E-state index in [2.05, 4.69) is 15.5 Å². The topological polar surface area (TPSA) is 51.0 Å². The molecule has 20 heavy (non-hydrogen) atoms. The molecule has 1 N–H and O–H groups in total. The maximum atomic E-state index is 13.9. The van der Waals surface area contributed by atoms with Crippen molar-refractivity contribution in [1.82, 2.24) is 15.5 Å². The number of nitrogens with one attached hydrogen (secondary N) is 1. The highest BCUT2D eigenvalue weighted by Gasteiger charge is 2.42. The summed E-state index contributed by atoms with van der Waals surface area (Å²) in [4.78, 5) is 4.38. The predicted molar refractivity (Wildman–Crippen MR) is 72.0 cm³/mol. The van der Waals surface area contributed by atoms with E-state index >= 15 is 0 Å². The molecule has 4 nitrogen and oxygen atoms in total. The lowest BCUT2D eigenvalue weighted by atomic mass is 9.95. The lowest BCUT2D eigenvalue weighted by Gasteiger charge is -2.18. The van der Waals surface area contributed by atoms with E-state index in [1.54, 1.807) is 12.1 Å². The normalized spacial score (nSPS) is 28.2. The Labute approximate surface area is 120 Å². The van der Waals surface area contributed by atoms with E-state index in [9.17, 15) is 4.39 Å². The van der Waals surface area contributed by atoms with Crippen LogP contribution in [-0.2, 0) is 0 Å². The van der Waals surface area contributed by atoms with Crippen LogP contribution in [0.15, 0.2) is 22.7 Å². The average Bonchev–Trinajstić information content (AvgIpc) is 3.14. The van der Waals surface area contributed by atoms with Gasteiger partial charge in [0.1, 0.15) is 5.82 Å². The van der Waals surface area contributed by atoms with Crippen molar-refractivity contribution in [1.29, 1.82) is 0 Å². The van der Waals surface area contributed by atoms with Crippen molar-refractivity contribution in [2.24, 2.45) is 5.92 Å². The highest BCUT2D eigenvalue weighted by atomic mass is 35.5. The fourth-order valence-corrected chi connectivity index (χ4v) is 3.46. The van der Waals surface area contributed by atoms with Crippen LogP contribution in [-0.4, -0.2) is 22.7 Å². The molecule has 2 aliphatic rings. The van der Waals surface area contributed by atoms with Crippen LogP contribution in [0.25, 0.3) is 11.4 Å². The summed E-state index contributed by atoms with van der Waals surface area (Å²) < 4.78 is 19.2.